The third kappa shape index (κ3) is 3.04. The zero-order valence-electron chi connectivity index (χ0n) is 11.2. The van der Waals surface area contributed by atoms with E-state index in [2.05, 4.69) is 25.5 Å². The zero-order valence-corrected chi connectivity index (χ0v) is 11.2. The van der Waals surface area contributed by atoms with Crippen LogP contribution in [0, 0.1) is 13.8 Å². The van der Waals surface area contributed by atoms with Crippen LogP contribution in [-0.4, -0.2) is 31.3 Å². The number of aromatic nitrogens is 5. The van der Waals surface area contributed by atoms with Gasteiger partial charge in [0.05, 0.1) is 0 Å². The molecule has 0 atom stereocenters. The molecular formula is C11H17N7O. The lowest BCUT2D eigenvalue weighted by Crippen LogP contribution is -2.14. The summed E-state index contributed by atoms with van der Waals surface area (Å²) in [5, 5.41) is 4.28. The summed E-state index contributed by atoms with van der Waals surface area (Å²) >= 11 is 0. The highest BCUT2D eigenvalue weighted by Crippen LogP contribution is 2.12. The minimum atomic E-state index is 0.325. The molecule has 0 fully saturated rings. The highest BCUT2D eigenvalue weighted by Gasteiger charge is 2.10. The Morgan fingerprint density at radius 1 is 1.32 bits per heavy atom. The Balaban J connectivity index is 2.41. The van der Waals surface area contributed by atoms with E-state index in [0.717, 1.165) is 5.82 Å². The predicted molar refractivity (Wildman–Crippen MR) is 69.6 cm³/mol. The van der Waals surface area contributed by atoms with Gasteiger partial charge in [0.1, 0.15) is 24.1 Å². The molecule has 0 aliphatic carbocycles. The fourth-order valence-electron chi connectivity index (χ4n) is 1.66. The van der Waals surface area contributed by atoms with Crippen molar-refractivity contribution in [3.05, 3.63) is 23.5 Å². The SMILES string of the molecule is CCOCc1nc(NN)cc(-n2nc(C)nc2C)n1. The second-order valence-electron chi connectivity index (χ2n) is 3.93. The molecular weight excluding hydrogens is 246 g/mol. The minimum Gasteiger partial charge on any atom is -0.374 e. The van der Waals surface area contributed by atoms with E-state index in [0.29, 0.717) is 36.5 Å². The maximum atomic E-state index is 5.41. The molecule has 102 valence electrons. The van der Waals surface area contributed by atoms with Crippen molar-refractivity contribution in [1.82, 2.24) is 24.7 Å². The summed E-state index contributed by atoms with van der Waals surface area (Å²) in [7, 11) is 0. The van der Waals surface area contributed by atoms with E-state index in [1.807, 2.05) is 20.8 Å². The molecule has 2 heterocycles. The van der Waals surface area contributed by atoms with E-state index in [4.69, 9.17) is 10.6 Å². The lowest BCUT2D eigenvalue weighted by atomic mass is 10.5. The van der Waals surface area contributed by atoms with Crippen LogP contribution in [0.1, 0.15) is 24.4 Å². The van der Waals surface area contributed by atoms with Crippen LogP contribution < -0.4 is 11.3 Å². The van der Waals surface area contributed by atoms with Gasteiger partial charge in [-0.25, -0.2) is 20.8 Å². The number of aryl methyl sites for hydroxylation is 2. The molecule has 19 heavy (non-hydrogen) atoms. The molecule has 3 N–H and O–H groups in total. The Bertz CT molecular complexity index is 566. The fraction of sp³-hybridized carbons (Fsp3) is 0.455. The average molecular weight is 263 g/mol. The van der Waals surface area contributed by atoms with Crippen LogP contribution in [0.5, 0.6) is 0 Å². The summed E-state index contributed by atoms with van der Waals surface area (Å²) in [5.41, 5.74) is 2.51. The largest absolute Gasteiger partial charge is 0.374 e. The third-order valence-corrected chi connectivity index (χ3v) is 2.43. The van der Waals surface area contributed by atoms with E-state index in [-0.39, 0.29) is 0 Å². The number of hydrogen-bond donors (Lipinski definition) is 2. The summed E-state index contributed by atoms with van der Waals surface area (Å²) in [4.78, 5) is 12.9. The Morgan fingerprint density at radius 3 is 2.68 bits per heavy atom. The van der Waals surface area contributed by atoms with E-state index in [1.165, 1.54) is 0 Å². The molecule has 2 aromatic rings. The standard InChI is InChI=1S/C11H17N7O/c1-4-19-6-10-14-9(16-12)5-11(15-10)18-8(3)13-7(2)17-18/h5H,4,6,12H2,1-3H3,(H,14,15,16). The summed E-state index contributed by atoms with van der Waals surface area (Å²) in [5.74, 6) is 8.50. The number of nitrogens with one attached hydrogen (secondary N) is 1. The van der Waals surface area contributed by atoms with Crippen molar-refractivity contribution in [2.75, 3.05) is 12.0 Å². The molecule has 0 bridgehead atoms. The van der Waals surface area contributed by atoms with E-state index < -0.39 is 0 Å². The molecule has 0 aliphatic heterocycles. The van der Waals surface area contributed by atoms with E-state index in [9.17, 15) is 0 Å². The van der Waals surface area contributed by atoms with Crippen LogP contribution in [0.15, 0.2) is 6.07 Å². The summed E-state index contributed by atoms with van der Waals surface area (Å²) in [6, 6.07) is 1.70. The van der Waals surface area contributed by atoms with Crippen molar-refractivity contribution in [3.8, 4) is 5.82 Å². The average Bonchev–Trinajstić information content (AvgIpc) is 2.75. The quantitative estimate of drug-likeness (QED) is 0.597. The number of hydrazine groups is 1. The molecule has 0 saturated carbocycles. The van der Waals surface area contributed by atoms with Crippen LogP contribution in [0.25, 0.3) is 5.82 Å². The summed E-state index contributed by atoms with van der Waals surface area (Å²) in [6.45, 7) is 6.52. The first kappa shape index (κ1) is 13.4. The Hall–Kier alpha value is -2.06. The van der Waals surface area contributed by atoms with Gasteiger partial charge in [0.2, 0.25) is 0 Å². The maximum Gasteiger partial charge on any atom is 0.161 e. The highest BCUT2D eigenvalue weighted by molar-refractivity contribution is 5.40. The van der Waals surface area contributed by atoms with Gasteiger partial charge in [0, 0.05) is 12.7 Å². The van der Waals surface area contributed by atoms with Crippen LogP contribution >= 0.6 is 0 Å². The molecule has 2 rings (SSSR count). The van der Waals surface area contributed by atoms with Crippen LogP contribution in [0.3, 0.4) is 0 Å². The van der Waals surface area contributed by atoms with Crippen LogP contribution in [0.4, 0.5) is 5.82 Å². The first-order valence-electron chi connectivity index (χ1n) is 5.97. The van der Waals surface area contributed by atoms with Gasteiger partial charge in [-0.15, -0.1) is 5.10 Å². The highest BCUT2D eigenvalue weighted by atomic mass is 16.5. The number of ether oxygens (including phenoxy) is 1. The second kappa shape index (κ2) is 5.72. The number of nitrogens with two attached hydrogens (primary N) is 1. The van der Waals surface area contributed by atoms with Gasteiger partial charge in [0.15, 0.2) is 11.6 Å². The fourth-order valence-corrected chi connectivity index (χ4v) is 1.66. The lowest BCUT2D eigenvalue weighted by molar-refractivity contribution is 0.128. The first-order valence-corrected chi connectivity index (χ1v) is 5.97. The normalized spacial score (nSPS) is 10.7. The Kier molecular flexibility index (Phi) is 4.03. The number of rotatable bonds is 5. The Labute approximate surface area is 111 Å². The van der Waals surface area contributed by atoms with Crippen molar-refractivity contribution in [2.24, 2.45) is 5.84 Å². The monoisotopic (exact) mass is 263 g/mol. The third-order valence-electron chi connectivity index (χ3n) is 2.43. The molecule has 0 amide bonds. The number of anilines is 1. The number of hydrogen-bond acceptors (Lipinski definition) is 7. The smallest absolute Gasteiger partial charge is 0.161 e. The van der Waals surface area contributed by atoms with Crippen molar-refractivity contribution in [1.29, 1.82) is 0 Å². The van der Waals surface area contributed by atoms with Crippen molar-refractivity contribution in [3.63, 3.8) is 0 Å². The molecule has 0 unspecified atom stereocenters. The molecule has 0 saturated heterocycles. The van der Waals surface area contributed by atoms with Crippen molar-refractivity contribution >= 4 is 5.82 Å². The molecule has 8 heteroatoms. The van der Waals surface area contributed by atoms with Crippen molar-refractivity contribution < 1.29 is 4.74 Å². The molecule has 0 aliphatic rings. The number of nitrogen functional groups attached to an aromatic ring is 1. The summed E-state index contributed by atoms with van der Waals surface area (Å²) in [6.07, 6.45) is 0. The lowest BCUT2D eigenvalue weighted by Gasteiger charge is -2.08. The summed E-state index contributed by atoms with van der Waals surface area (Å²) < 4.78 is 6.95. The molecule has 2 aromatic heterocycles. The molecule has 8 nitrogen and oxygen atoms in total. The zero-order chi connectivity index (χ0) is 13.8. The minimum absolute atomic E-state index is 0.325. The van der Waals surface area contributed by atoms with Gasteiger partial charge in [-0.1, -0.05) is 0 Å². The van der Waals surface area contributed by atoms with Gasteiger partial charge in [-0.3, -0.25) is 0 Å². The number of nitrogens with zero attached hydrogens (tertiary/aromatic N) is 5. The molecule has 0 spiro atoms. The van der Waals surface area contributed by atoms with E-state index in [1.54, 1.807) is 10.7 Å². The topological polar surface area (TPSA) is 104 Å². The van der Waals surface area contributed by atoms with Crippen LogP contribution in [0.2, 0.25) is 0 Å². The van der Waals surface area contributed by atoms with Gasteiger partial charge in [0.25, 0.3) is 0 Å². The van der Waals surface area contributed by atoms with Gasteiger partial charge < -0.3 is 10.2 Å². The molecule has 0 aromatic carbocycles. The van der Waals surface area contributed by atoms with Crippen molar-refractivity contribution in [2.45, 2.75) is 27.4 Å². The first-order chi connectivity index (χ1) is 9.13. The van der Waals surface area contributed by atoms with Gasteiger partial charge in [-0.05, 0) is 20.8 Å². The van der Waals surface area contributed by atoms with Gasteiger partial charge >= 0.3 is 0 Å². The van der Waals surface area contributed by atoms with Gasteiger partial charge in [-0.2, -0.15) is 4.68 Å². The maximum absolute atomic E-state index is 5.41. The molecule has 0 radical (unpaired) electrons. The predicted octanol–water partition coefficient (Wildman–Crippen LogP) is 0.496. The van der Waals surface area contributed by atoms with E-state index >= 15 is 0 Å². The van der Waals surface area contributed by atoms with Crippen LogP contribution in [-0.2, 0) is 11.3 Å². The second-order valence-corrected chi connectivity index (χ2v) is 3.93. The Morgan fingerprint density at radius 2 is 2.11 bits per heavy atom.